The summed E-state index contributed by atoms with van der Waals surface area (Å²) in [5.74, 6) is -1.37. The van der Waals surface area contributed by atoms with Crippen molar-refractivity contribution >= 4 is 11.9 Å². The van der Waals surface area contributed by atoms with E-state index in [1.54, 1.807) is 27.7 Å². The van der Waals surface area contributed by atoms with E-state index in [-0.39, 0.29) is 11.7 Å². The smallest absolute Gasteiger partial charge is 0.341 e. The van der Waals surface area contributed by atoms with Crippen LogP contribution in [0.5, 0.6) is 0 Å². The zero-order chi connectivity index (χ0) is 20.6. The molecule has 28 heavy (non-hydrogen) atoms. The summed E-state index contributed by atoms with van der Waals surface area (Å²) >= 11 is 0. The number of esters is 2. The topological polar surface area (TPSA) is 115 Å². The van der Waals surface area contributed by atoms with Crippen LogP contribution in [0.15, 0.2) is 23.8 Å². The van der Waals surface area contributed by atoms with Crippen molar-refractivity contribution in [1.82, 2.24) is 0 Å². The monoisotopic (exact) mass is 394 g/mol. The number of ether oxygens (including phenoxy) is 4. The van der Waals surface area contributed by atoms with Gasteiger partial charge in [-0.15, -0.1) is 0 Å². The van der Waals surface area contributed by atoms with Gasteiger partial charge in [-0.2, -0.15) is 0 Å². The number of carbonyl (C=O) groups is 2. The van der Waals surface area contributed by atoms with Crippen LogP contribution in [0.2, 0.25) is 0 Å². The van der Waals surface area contributed by atoms with E-state index in [9.17, 15) is 19.8 Å². The zero-order valence-electron chi connectivity index (χ0n) is 16.4. The van der Waals surface area contributed by atoms with E-state index >= 15 is 0 Å². The molecule has 0 radical (unpaired) electrons. The lowest BCUT2D eigenvalue weighted by Gasteiger charge is -2.38. The summed E-state index contributed by atoms with van der Waals surface area (Å²) in [5.41, 5.74) is -3.28. The second kappa shape index (κ2) is 5.89. The maximum Gasteiger partial charge on any atom is 0.341 e. The molecular formula is C20H26O8. The third-order valence-electron chi connectivity index (χ3n) is 6.91. The number of aliphatic hydroxyl groups excluding tert-OH is 2. The van der Waals surface area contributed by atoms with Crippen molar-refractivity contribution in [3.05, 3.63) is 23.8 Å². The van der Waals surface area contributed by atoms with Crippen molar-refractivity contribution in [2.75, 3.05) is 0 Å². The van der Waals surface area contributed by atoms with Gasteiger partial charge in [0, 0.05) is 0 Å². The second-order valence-electron chi connectivity index (χ2n) is 8.66. The first-order valence-electron chi connectivity index (χ1n) is 9.48. The van der Waals surface area contributed by atoms with E-state index in [0.29, 0.717) is 18.4 Å². The molecule has 154 valence electrons. The summed E-state index contributed by atoms with van der Waals surface area (Å²) in [6.45, 7) is 10.6. The van der Waals surface area contributed by atoms with Gasteiger partial charge in [-0.3, -0.25) is 0 Å². The number of carbonyl (C=O) groups excluding carboxylic acids is 2. The maximum absolute atomic E-state index is 12.8. The van der Waals surface area contributed by atoms with Crippen LogP contribution in [0, 0.1) is 5.41 Å². The molecule has 0 aromatic carbocycles. The summed E-state index contributed by atoms with van der Waals surface area (Å²) in [6, 6.07) is 0. The first-order valence-corrected chi connectivity index (χ1v) is 9.48. The van der Waals surface area contributed by atoms with Gasteiger partial charge in [-0.25, -0.2) is 9.59 Å². The molecule has 8 heteroatoms. The quantitative estimate of drug-likeness (QED) is 0.305. The van der Waals surface area contributed by atoms with Gasteiger partial charge >= 0.3 is 11.9 Å². The minimum absolute atomic E-state index is 0.0817. The van der Waals surface area contributed by atoms with Crippen LogP contribution in [-0.2, 0) is 28.5 Å². The predicted molar refractivity (Wildman–Crippen MR) is 94.8 cm³/mol. The molecule has 0 spiro atoms. The van der Waals surface area contributed by atoms with Crippen LogP contribution in [0.4, 0.5) is 0 Å². The summed E-state index contributed by atoms with van der Waals surface area (Å²) in [6.07, 6.45) is -2.37. The Morgan fingerprint density at radius 1 is 1.32 bits per heavy atom. The van der Waals surface area contributed by atoms with Crippen LogP contribution in [0.3, 0.4) is 0 Å². The number of hydrogen-bond donors (Lipinski definition) is 2. The molecule has 8 atom stereocenters. The molecular weight excluding hydrogens is 368 g/mol. The van der Waals surface area contributed by atoms with Gasteiger partial charge in [-0.1, -0.05) is 19.6 Å². The normalized spacial score (nSPS) is 51.9. The van der Waals surface area contributed by atoms with E-state index in [4.69, 9.17) is 18.9 Å². The summed E-state index contributed by atoms with van der Waals surface area (Å²) in [5, 5.41) is 21.7. The van der Waals surface area contributed by atoms with Gasteiger partial charge in [0.05, 0.1) is 17.1 Å². The average molecular weight is 394 g/mol. The SMILES string of the molecule is C=C1C(=O)O[C@@H]2[C@]3(C)CC/C=C(/C)[C@@H](O)[C@@H](OC(=O)[C@@]4(C)O[C@H]4C)[C@@]12O[C@H]3O. The zero-order valence-corrected chi connectivity index (χ0v) is 16.4. The molecule has 0 unspecified atom stereocenters. The Balaban J connectivity index is 1.83. The van der Waals surface area contributed by atoms with Crippen LogP contribution in [0.1, 0.15) is 40.5 Å². The van der Waals surface area contributed by atoms with E-state index in [2.05, 4.69) is 6.58 Å². The van der Waals surface area contributed by atoms with Crippen LogP contribution < -0.4 is 0 Å². The summed E-state index contributed by atoms with van der Waals surface area (Å²) < 4.78 is 22.5. The molecule has 2 bridgehead atoms. The molecule has 8 nitrogen and oxygen atoms in total. The highest BCUT2D eigenvalue weighted by molar-refractivity contribution is 5.94. The predicted octanol–water partition coefficient (Wildman–Crippen LogP) is 0.752. The van der Waals surface area contributed by atoms with E-state index in [0.717, 1.165) is 0 Å². The first kappa shape index (κ1) is 19.6. The fourth-order valence-corrected chi connectivity index (χ4v) is 4.57. The molecule has 0 amide bonds. The number of hydrogen-bond acceptors (Lipinski definition) is 8. The molecule has 4 rings (SSSR count). The lowest BCUT2D eigenvalue weighted by atomic mass is 9.72. The number of allylic oxidation sites excluding steroid dienone is 1. The van der Waals surface area contributed by atoms with Crippen molar-refractivity contribution < 1.29 is 38.7 Å². The van der Waals surface area contributed by atoms with Crippen molar-refractivity contribution in [3.8, 4) is 0 Å². The number of epoxide rings is 1. The summed E-state index contributed by atoms with van der Waals surface area (Å²) in [4.78, 5) is 25.2. The van der Waals surface area contributed by atoms with Crippen molar-refractivity contribution in [2.45, 2.75) is 82.4 Å². The van der Waals surface area contributed by atoms with Crippen LogP contribution in [-0.4, -0.2) is 64.1 Å². The van der Waals surface area contributed by atoms with Gasteiger partial charge in [0.1, 0.15) is 12.2 Å². The Hall–Kier alpha value is -1.74. The third kappa shape index (κ3) is 2.32. The largest absolute Gasteiger partial charge is 0.455 e. The van der Waals surface area contributed by atoms with Crippen LogP contribution in [0.25, 0.3) is 0 Å². The fraction of sp³-hybridized carbons (Fsp3) is 0.700. The minimum Gasteiger partial charge on any atom is -0.455 e. The van der Waals surface area contributed by atoms with Crippen molar-refractivity contribution in [2.24, 2.45) is 5.41 Å². The molecule has 3 fully saturated rings. The fourth-order valence-electron chi connectivity index (χ4n) is 4.57. The van der Waals surface area contributed by atoms with Crippen molar-refractivity contribution in [1.29, 1.82) is 0 Å². The Bertz CT molecular complexity index is 789. The Morgan fingerprint density at radius 3 is 2.57 bits per heavy atom. The Kier molecular flexibility index (Phi) is 4.11. The highest BCUT2D eigenvalue weighted by atomic mass is 16.7. The third-order valence-corrected chi connectivity index (χ3v) is 6.91. The number of rotatable bonds is 2. The molecule has 3 aliphatic heterocycles. The molecule has 2 N–H and O–H groups in total. The van der Waals surface area contributed by atoms with Gasteiger partial charge in [0.15, 0.2) is 23.6 Å². The molecule has 4 aliphatic rings. The minimum atomic E-state index is -1.69. The van der Waals surface area contributed by atoms with Gasteiger partial charge in [0.25, 0.3) is 0 Å². The van der Waals surface area contributed by atoms with Gasteiger partial charge in [-0.05, 0) is 39.2 Å². The van der Waals surface area contributed by atoms with Gasteiger partial charge < -0.3 is 29.2 Å². The average Bonchev–Trinajstić information content (AvgIpc) is 3.10. The number of aliphatic hydroxyl groups is 2. The Morgan fingerprint density at radius 2 is 1.96 bits per heavy atom. The lowest BCUT2D eigenvalue weighted by Crippen LogP contribution is -2.58. The van der Waals surface area contributed by atoms with E-state index in [1.807, 2.05) is 6.08 Å². The van der Waals surface area contributed by atoms with E-state index < -0.39 is 53.2 Å². The molecule has 0 saturated carbocycles. The van der Waals surface area contributed by atoms with Gasteiger partial charge in [0.2, 0.25) is 0 Å². The maximum atomic E-state index is 12.8. The highest BCUT2D eigenvalue weighted by Gasteiger charge is 2.74. The lowest BCUT2D eigenvalue weighted by molar-refractivity contribution is -0.208. The Labute approximate surface area is 163 Å². The summed E-state index contributed by atoms with van der Waals surface area (Å²) in [7, 11) is 0. The molecule has 3 heterocycles. The molecule has 1 aliphatic carbocycles. The van der Waals surface area contributed by atoms with Crippen molar-refractivity contribution in [3.63, 3.8) is 0 Å². The molecule has 0 aromatic rings. The molecule has 0 aromatic heterocycles. The molecule has 3 saturated heterocycles. The standard InChI is InChI=1S/C20H26O8/c1-9-7-6-8-18(4)15-20(28-16(18)23,10(2)14(22)26-15)13(12(9)21)25-17(24)19(5)11(3)27-19/h7,11-13,15-16,21,23H,2,6,8H2,1,3-5H3/b9-7-/t11-,12+,13+,15+,16+,18-,19-,20-/m0/s1. The van der Waals surface area contributed by atoms with Crippen LogP contribution >= 0.6 is 0 Å². The highest BCUT2D eigenvalue weighted by Crippen LogP contribution is 2.58. The second-order valence-corrected chi connectivity index (χ2v) is 8.66. The first-order chi connectivity index (χ1) is 13.0. The van der Waals surface area contributed by atoms with E-state index in [1.165, 1.54) is 0 Å².